The minimum atomic E-state index is -1.59. The number of nitrogens with zero attached hydrogens (tertiary/aromatic N) is 3. The first kappa shape index (κ1) is 39.5. The van der Waals surface area contributed by atoms with Gasteiger partial charge in [-0.3, -0.25) is 15.1 Å². The van der Waals surface area contributed by atoms with Crippen molar-refractivity contribution in [2.24, 2.45) is 0 Å². The lowest BCUT2D eigenvalue weighted by Crippen LogP contribution is -2.52. The number of nitrogens with one attached hydrogen (secondary N) is 1. The van der Waals surface area contributed by atoms with Gasteiger partial charge in [0, 0.05) is 55.8 Å². The normalized spacial score (nSPS) is 15.5. The molecule has 53 heavy (non-hydrogen) atoms. The number of hydrogen-bond acceptors (Lipinski definition) is 10. The molecular formula is C41H47ClN4O7. The van der Waals surface area contributed by atoms with E-state index in [1.807, 2.05) is 18.2 Å². The molecule has 0 spiro atoms. The quantitative estimate of drug-likeness (QED) is 0.0925. The van der Waals surface area contributed by atoms with Crippen LogP contribution < -0.4 is 19.5 Å². The highest BCUT2D eigenvalue weighted by Gasteiger charge is 2.32. The maximum atomic E-state index is 11.8. The molecule has 5 rings (SSSR count). The molecular weight excluding hydrogens is 696 g/mol. The van der Waals surface area contributed by atoms with Crippen molar-refractivity contribution in [3.8, 4) is 34.4 Å². The molecule has 2 heterocycles. The zero-order chi connectivity index (χ0) is 38.1. The van der Waals surface area contributed by atoms with E-state index in [1.165, 1.54) is 13.1 Å². The molecule has 1 fully saturated rings. The molecule has 0 radical (unpaired) electrons. The number of aryl methyl sites for hydroxylation is 1. The Bertz CT molecular complexity index is 1970. The summed E-state index contributed by atoms with van der Waals surface area (Å²) in [5.41, 5.74) is 6.42. The summed E-state index contributed by atoms with van der Waals surface area (Å²) in [6.07, 6.45) is 4.55. The van der Waals surface area contributed by atoms with Crippen LogP contribution in [0.25, 0.3) is 11.1 Å². The number of carbonyl (C=O) groups is 1. The molecule has 1 saturated heterocycles. The number of likely N-dealkylation sites (tertiary alicyclic amines) is 1. The molecule has 280 valence electrons. The molecule has 4 N–H and O–H groups in total. The van der Waals surface area contributed by atoms with Gasteiger partial charge >= 0.3 is 5.97 Å². The van der Waals surface area contributed by atoms with Gasteiger partial charge in [-0.05, 0) is 92.1 Å². The van der Waals surface area contributed by atoms with Crippen molar-refractivity contribution in [3.63, 3.8) is 0 Å². The summed E-state index contributed by atoms with van der Waals surface area (Å²) in [6, 6.07) is 17.3. The minimum absolute atomic E-state index is 0.0282. The number of pyridine rings is 1. The van der Waals surface area contributed by atoms with Crippen molar-refractivity contribution < 1.29 is 34.3 Å². The number of carboxylic acids is 1. The van der Waals surface area contributed by atoms with E-state index in [2.05, 4.69) is 54.2 Å². The first-order chi connectivity index (χ1) is 25.4. The van der Waals surface area contributed by atoms with Crippen LogP contribution in [-0.4, -0.2) is 75.7 Å². The standard InChI is InChI=1S/C41H47ClN4O7/c1-26-9-10-36(51-14-6-12-46-13-11-33(48)22-46)28(3)39(26)34-8-5-7-31(27(34)2)24-53-38-17-37(52-23-30-15-29(18-43)19-44-20-30)32(16-35(38)42)21-45-41(4,25-47)40(49)50/h5,7-10,15-17,19-20,33,45,47-48H,6,11-14,21-25H2,1-4H3,(H,49,50)/t33?,41-/m0/s1. The van der Waals surface area contributed by atoms with E-state index in [1.54, 1.807) is 24.4 Å². The summed E-state index contributed by atoms with van der Waals surface area (Å²) in [7, 11) is 0. The SMILES string of the molecule is Cc1ccc(OCCCN2CCC(O)C2)c(C)c1-c1cccc(COc2cc(OCc3cncc(C#N)c3)c(CN[C@@](C)(CO)C(=O)O)cc2Cl)c1C. The van der Waals surface area contributed by atoms with Gasteiger partial charge in [0.1, 0.15) is 42.1 Å². The Labute approximate surface area is 315 Å². The summed E-state index contributed by atoms with van der Waals surface area (Å²) in [5, 5.41) is 41.7. The summed E-state index contributed by atoms with van der Waals surface area (Å²) < 4.78 is 18.7. The highest BCUT2D eigenvalue weighted by atomic mass is 35.5. The topological polar surface area (TPSA) is 157 Å². The largest absolute Gasteiger partial charge is 0.493 e. The van der Waals surface area contributed by atoms with E-state index in [9.17, 15) is 25.4 Å². The van der Waals surface area contributed by atoms with Crippen molar-refractivity contribution in [2.75, 3.05) is 32.8 Å². The Morgan fingerprint density at radius 1 is 1.04 bits per heavy atom. The molecule has 1 aromatic heterocycles. The molecule has 0 aliphatic carbocycles. The Kier molecular flexibility index (Phi) is 13.3. The zero-order valence-electron chi connectivity index (χ0n) is 30.6. The predicted octanol–water partition coefficient (Wildman–Crippen LogP) is 6.12. The average Bonchev–Trinajstić information content (AvgIpc) is 3.57. The van der Waals surface area contributed by atoms with E-state index >= 15 is 0 Å². The van der Waals surface area contributed by atoms with Crippen molar-refractivity contribution >= 4 is 17.6 Å². The van der Waals surface area contributed by atoms with E-state index < -0.39 is 18.1 Å². The highest BCUT2D eigenvalue weighted by Crippen LogP contribution is 2.38. The number of benzene rings is 3. The first-order valence-electron chi connectivity index (χ1n) is 17.7. The first-order valence-corrected chi connectivity index (χ1v) is 18.0. The van der Waals surface area contributed by atoms with Crippen LogP contribution >= 0.6 is 11.6 Å². The van der Waals surface area contributed by atoms with Gasteiger partial charge in [0.15, 0.2) is 0 Å². The molecule has 1 aliphatic rings. The van der Waals surface area contributed by atoms with Gasteiger partial charge in [0.25, 0.3) is 0 Å². The van der Waals surface area contributed by atoms with Crippen LogP contribution in [0.15, 0.2) is 60.9 Å². The Morgan fingerprint density at radius 2 is 1.83 bits per heavy atom. The van der Waals surface area contributed by atoms with Crippen LogP contribution in [-0.2, 0) is 24.6 Å². The fraction of sp³-hybridized carbons (Fsp3) is 0.390. The lowest BCUT2D eigenvalue weighted by molar-refractivity contribution is -0.145. The number of aromatic nitrogens is 1. The Morgan fingerprint density at radius 3 is 2.55 bits per heavy atom. The van der Waals surface area contributed by atoms with Crippen molar-refractivity contribution in [1.82, 2.24) is 15.2 Å². The monoisotopic (exact) mass is 742 g/mol. The van der Waals surface area contributed by atoms with Gasteiger partial charge in [0.2, 0.25) is 0 Å². The number of β-amino-alcohol motifs (C(OH)–C–C–N with tert-alkyl or cyclic N) is 1. The van der Waals surface area contributed by atoms with Crippen LogP contribution in [0.1, 0.15) is 58.7 Å². The number of hydrogen-bond donors (Lipinski definition) is 4. The van der Waals surface area contributed by atoms with Gasteiger partial charge < -0.3 is 34.4 Å². The average molecular weight is 743 g/mol. The van der Waals surface area contributed by atoms with Crippen molar-refractivity contribution in [1.29, 1.82) is 5.26 Å². The van der Waals surface area contributed by atoms with Crippen LogP contribution in [0.5, 0.6) is 17.2 Å². The van der Waals surface area contributed by atoms with E-state index in [0.29, 0.717) is 39.8 Å². The number of carboxylic acid groups (broad SMARTS) is 1. The number of aliphatic hydroxyl groups is 2. The maximum Gasteiger partial charge on any atom is 0.326 e. The van der Waals surface area contributed by atoms with Crippen LogP contribution in [0.3, 0.4) is 0 Å². The molecule has 0 saturated carbocycles. The van der Waals surface area contributed by atoms with Gasteiger partial charge in [-0.15, -0.1) is 0 Å². The molecule has 3 aromatic carbocycles. The van der Waals surface area contributed by atoms with E-state index in [0.717, 1.165) is 71.6 Å². The Hall–Kier alpha value is -4.70. The maximum absolute atomic E-state index is 11.8. The molecule has 1 aliphatic heterocycles. The second-order valence-corrected chi connectivity index (χ2v) is 14.1. The molecule has 0 amide bonds. The molecule has 2 atom stereocenters. The summed E-state index contributed by atoms with van der Waals surface area (Å²) in [4.78, 5) is 18.2. The zero-order valence-corrected chi connectivity index (χ0v) is 31.4. The van der Waals surface area contributed by atoms with Crippen LogP contribution in [0, 0.1) is 32.1 Å². The number of aliphatic carboxylic acids is 1. The minimum Gasteiger partial charge on any atom is -0.493 e. The molecule has 4 aromatic rings. The third-order valence-electron chi connectivity index (χ3n) is 9.74. The number of aliphatic hydroxyl groups excluding tert-OH is 2. The molecule has 12 heteroatoms. The van der Waals surface area contributed by atoms with E-state index in [4.69, 9.17) is 25.8 Å². The number of nitriles is 1. The van der Waals surface area contributed by atoms with Crippen molar-refractivity contribution in [2.45, 2.75) is 71.9 Å². The number of halogens is 1. The number of rotatable bonds is 17. The summed E-state index contributed by atoms with van der Waals surface area (Å²) in [6.45, 7) is 10.5. The highest BCUT2D eigenvalue weighted by molar-refractivity contribution is 6.32. The second kappa shape index (κ2) is 17.9. The lowest BCUT2D eigenvalue weighted by Gasteiger charge is -2.25. The fourth-order valence-corrected chi connectivity index (χ4v) is 6.63. The van der Waals surface area contributed by atoms with Crippen LogP contribution in [0.4, 0.5) is 0 Å². The van der Waals surface area contributed by atoms with Crippen LogP contribution in [0.2, 0.25) is 5.02 Å². The Balaban J connectivity index is 1.34. The predicted molar refractivity (Wildman–Crippen MR) is 202 cm³/mol. The second-order valence-electron chi connectivity index (χ2n) is 13.7. The van der Waals surface area contributed by atoms with Gasteiger partial charge in [-0.2, -0.15) is 5.26 Å². The van der Waals surface area contributed by atoms with Crippen molar-refractivity contribution in [3.05, 3.63) is 105 Å². The molecule has 0 bridgehead atoms. The lowest BCUT2D eigenvalue weighted by atomic mass is 9.90. The fourth-order valence-electron chi connectivity index (χ4n) is 6.39. The van der Waals surface area contributed by atoms with Gasteiger partial charge in [-0.1, -0.05) is 35.9 Å². The third-order valence-corrected chi connectivity index (χ3v) is 10.0. The van der Waals surface area contributed by atoms with Gasteiger partial charge in [0.05, 0.1) is 29.9 Å². The summed E-state index contributed by atoms with van der Waals surface area (Å²) in [5.74, 6) is 0.398. The molecule has 1 unspecified atom stereocenters. The smallest absolute Gasteiger partial charge is 0.326 e. The summed E-state index contributed by atoms with van der Waals surface area (Å²) >= 11 is 6.74. The third kappa shape index (κ3) is 9.84. The van der Waals surface area contributed by atoms with Gasteiger partial charge in [-0.25, -0.2) is 0 Å². The van der Waals surface area contributed by atoms with E-state index in [-0.39, 0.29) is 25.9 Å². The number of ether oxygens (including phenoxy) is 3. The molecule has 11 nitrogen and oxygen atoms in total.